The third kappa shape index (κ3) is 3.50. The van der Waals surface area contributed by atoms with Gasteiger partial charge in [0.1, 0.15) is 0 Å². The molecule has 132 valence electrons. The summed E-state index contributed by atoms with van der Waals surface area (Å²) in [6.45, 7) is 12.4. The number of nitrogens with zero attached hydrogens (tertiary/aromatic N) is 2. The van der Waals surface area contributed by atoms with Gasteiger partial charge >= 0.3 is 0 Å². The van der Waals surface area contributed by atoms with Crippen molar-refractivity contribution in [3.8, 4) is 0 Å². The van der Waals surface area contributed by atoms with E-state index in [4.69, 9.17) is 0 Å². The Labute approximate surface area is 146 Å². The van der Waals surface area contributed by atoms with Gasteiger partial charge in [-0.2, -0.15) is 0 Å². The van der Waals surface area contributed by atoms with Crippen LogP contribution in [-0.2, 0) is 16.6 Å². The lowest BCUT2D eigenvalue weighted by Crippen LogP contribution is -2.50. The molecule has 0 spiro atoms. The average Bonchev–Trinajstić information content (AvgIpc) is 3.12. The second kappa shape index (κ2) is 7.24. The van der Waals surface area contributed by atoms with Crippen LogP contribution in [-0.4, -0.2) is 61.0 Å². The second-order valence-electron chi connectivity index (χ2n) is 7.66. The molecule has 0 radical (unpaired) electrons. The van der Waals surface area contributed by atoms with Crippen molar-refractivity contribution in [2.24, 2.45) is 0 Å². The summed E-state index contributed by atoms with van der Waals surface area (Å²) in [5.41, 5.74) is 1.99. The van der Waals surface area contributed by atoms with E-state index in [0.29, 0.717) is 6.04 Å². The average molecular weight is 329 g/mol. The number of likely N-dealkylation sites (tertiary alicyclic amines) is 1. The van der Waals surface area contributed by atoms with Crippen LogP contribution in [0.15, 0.2) is 24.3 Å². The molecule has 1 unspecified atom stereocenters. The smallest absolute Gasteiger partial charge is 0.232 e. The molecule has 1 aromatic rings. The summed E-state index contributed by atoms with van der Waals surface area (Å²) in [5, 5.41) is 3.41. The van der Waals surface area contributed by atoms with E-state index >= 15 is 0 Å². The van der Waals surface area contributed by atoms with Crippen molar-refractivity contribution in [2.75, 3.05) is 39.3 Å². The first kappa shape index (κ1) is 17.4. The van der Waals surface area contributed by atoms with Crippen LogP contribution < -0.4 is 5.32 Å². The summed E-state index contributed by atoms with van der Waals surface area (Å²) in [5.74, 6) is 0.268. The van der Waals surface area contributed by atoms with Gasteiger partial charge in [-0.3, -0.25) is 9.69 Å². The van der Waals surface area contributed by atoms with Gasteiger partial charge in [0.15, 0.2) is 0 Å². The molecular weight excluding hydrogens is 298 g/mol. The predicted octanol–water partition coefficient (Wildman–Crippen LogP) is 2.03. The second-order valence-corrected chi connectivity index (χ2v) is 7.66. The minimum atomic E-state index is -0.454. The Balaban J connectivity index is 1.66. The highest BCUT2D eigenvalue weighted by molar-refractivity contribution is 5.87. The van der Waals surface area contributed by atoms with Crippen molar-refractivity contribution < 1.29 is 4.79 Å². The summed E-state index contributed by atoms with van der Waals surface area (Å²) in [4.78, 5) is 17.8. The molecule has 1 atom stereocenters. The highest BCUT2D eigenvalue weighted by Gasteiger charge is 2.38. The van der Waals surface area contributed by atoms with E-state index < -0.39 is 5.41 Å². The quantitative estimate of drug-likeness (QED) is 0.918. The number of piperazine rings is 1. The van der Waals surface area contributed by atoms with Crippen LogP contribution in [0.4, 0.5) is 0 Å². The number of benzene rings is 1. The molecule has 1 amide bonds. The third-order valence-electron chi connectivity index (χ3n) is 5.74. The van der Waals surface area contributed by atoms with E-state index in [1.807, 2.05) is 0 Å². The summed E-state index contributed by atoms with van der Waals surface area (Å²) >= 11 is 0. The van der Waals surface area contributed by atoms with Gasteiger partial charge < -0.3 is 10.2 Å². The van der Waals surface area contributed by atoms with Crippen LogP contribution in [0.5, 0.6) is 0 Å². The number of rotatable bonds is 4. The number of amides is 1. The molecule has 2 heterocycles. The molecule has 1 aromatic carbocycles. The molecule has 4 nitrogen and oxygen atoms in total. The van der Waals surface area contributed by atoms with Crippen molar-refractivity contribution in [1.29, 1.82) is 0 Å². The normalized spacial score (nSPS) is 22.8. The van der Waals surface area contributed by atoms with Gasteiger partial charge in [-0.25, -0.2) is 0 Å². The number of carbonyl (C=O) groups is 1. The lowest BCUT2D eigenvalue weighted by atomic mass is 9.82. The fourth-order valence-electron chi connectivity index (χ4n) is 3.95. The monoisotopic (exact) mass is 329 g/mol. The van der Waals surface area contributed by atoms with Crippen molar-refractivity contribution in [3.05, 3.63) is 35.4 Å². The molecule has 1 N–H and O–H groups in total. The number of aryl methyl sites for hydroxylation is 1. The summed E-state index contributed by atoms with van der Waals surface area (Å²) < 4.78 is 0. The van der Waals surface area contributed by atoms with E-state index in [0.717, 1.165) is 57.7 Å². The molecule has 4 heteroatoms. The molecule has 0 bridgehead atoms. The van der Waals surface area contributed by atoms with Crippen molar-refractivity contribution >= 4 is 5.91 Å². The Kier molecular flexibility index (Phi) is 5.26. The lowest BCUT2D eigenvalue weighted by Gasteiger charge is -2.34. The highest BCUT2D eigenvalue weighted by atomic mass is 16.2. The van der Waals surface area contributed by atoms with E-state index in [1.54, 1.807) is 0 Å². The Morgan fingerprint density at radius 1 is 1.17 bits per heavy atom. The van der Waals surface area contributed by atoms with Gasteiger partial charge in [-0.05, 0) is 37.8 Å². The Bertz CT molecular complexity index is 561. The minimum Gasteiger partial charge on any atom is -0.340 e. The van der Waals surface area contributed by atoms with E-state index in [1.165, 1.54) is 5.56 Å². The van der Waals surface area contributed by atoms with E-state index in [9.17, 15) is 4.79 Å². The van der Waals surface area contributed by atoms with Gasteiger partial charge in [0.25, 0.3) is 0 Å². The van der Waals surface area contributed by atoms with Gasteiger partial charge in [0.05, 0.1) is 5.41 Å². The molecule has 2 aliphatic rings. The number of nitrogens with one attached hydrogen (secondary N) is 1. The SMILES string of the molecule is CCc1ccc(C(C)(C)C(=O)N2CCC(N3CCNCC3)C2)cc1. The van der Waals surface area contributed by atoms with Gasteiger partial charge in [0, 0.05) is 45.3 Å². The molecular formula is C20H31N3O. The zero-order valence-electron chi connectivity index (χ0n) is 15.3. The van der Waals surface area contributed by atoms with Crippen LogP contribution in [0, 0.1) is 0 Å². The topological polar surface area (TPSA) is 35.6 Å². The standard InChI is InChI=1S/C20H31N3O/c1-4-16-5-7-17(8-6-16)20(2,3)19(24)23-12-9-18(15-23)22-13-10-21-11-14-22/h5-8,18,21H,4,9-15H2,1-3H3. The molecule has 2 aliphatic heterocycles. The van der Waals surface area contributed by atoms with Gasteiger partial charge in [0.2, 0.25) is 5.91 Å². The Morgan fingerprint density at radius 3 is 2.46 bits per heavy atom. The number of hydrogen-bond acceptors (Lipinski definition) is 3. The van der Waals surface area contributed by atoms with Crippen molar-refractivity contribution in [2.45, 2.75) is 45.1 Å². The van der Waals surface area contributed by atoms with Gasteiger partial charge in [-0.1, -0.05) is 31.2 Å². The maximum atomic E-state index is 13.1. The molecule has 0 saturated carbocycles. The Hall–Kier alpha value is -1.39. The largest absolute Gasteiger partial charge is 0.340 e. The fourth-order valence-corrected chi connectivity index (χ4v) is 3.95. The lowest BCUT2D eigenvalue weighted by molar-refractivity contribution is -0.135. The predicted molar refractivity (Wildman–Crippen MR) is 98.3 cm³/mol. The minimum absolute atomic E-state index is 0.268. The van der Waals surface area contributed by atoms with Crippen LogP contribution in [0.2, 0.25) is 0 Å². The van der Waals surface area contributed by atoms with Gasteiger partial charge in [-0.15, -0.1) is 0 Å². The first-order valence-corrected chi connectivity index (χ1v) is 9.36. The van der Waals surface area contributed by atoms with Crippen LogP contribution in [0.25, 0.3) is 0 Å². The molecule has 24 heavy (non-hydrogen) atoms. The Morgan fingerprint density at radius 2 is 1.83 bits per heavy atom. The zero-order chi connectivity index (χ0) is 17.2. The van der Waals surface area contributed by atoms with Crippen molar-refractivity contribution in [1.82, 2.24) is 15.1 Å². The molecule has 2 saturated heterocycles. The molecule has 3 rings (SSSR count). The summed E-state index contributed by atoms with van der Waals surface area (Å²) in [6, 6.07) is 9.09. The molecule has 0 aromatic heterocycles. The maximum Gasteiger partial charge on any atom is 0.232 e. The van der Waals surface area contributed by atoms with E-state index in [-0.39, 0.29) is 5.91 Å². The van der Waals surface area contributed by atoms with Crippen LogP contribution in [0.3, 0.4) is 0 Å². The van der Waals surface area contributed by atoms with Crippen LogP contribution >= 0.6 is 0 Å². The third-order valence-corrected chi connectivity index (χ3v) is 5.74. The zero-order valence-corrected chi connectivity index (χ0v) is 15.3. The van der Waals surface area contributed by atoms with Crippen LogP contribution in [0.1, 0.15) is 38.3 Å². The van der Waals surface area contributed by atoms with Crippen molar-refractivity contribution in [3.63, 3.8) is 0 Å². The number of carbonyl (C=O) groups excluding carboxylic acids is 1. The fraction of sp³-hybridized carbons (Fsp3) is 0.650. The molecule has 0 aliphatic carbocycles. The first-order valence-electron chi connectivity index (χ1n) is 9.36. The first-order chi connectivity index (χ1) is 11.5. The molecule has 2 fully saturated rings. The maximum absolute atomic E-state index is 13.1. The van der Waals surface area contributed by atoms with E-state index in [2.05, 4.69) is 60.2 Å². The summed E-state index contributed by atoms with van der Waals surface area (Å²) in [6.07, 6.45) is 2.14. The number of hydrogen-bond donors (Lipinski definition) is 1. The summed E-state index contributed by atoms with van der Waals surface area (Å²) in [7, 11) is 0. The highest BCUT2D eigenvalue weighted by Crippen LogP contribution is 2.29.